The smallest absolute Gasteiger partial charge is 0.253 e. The van der Waals surface area contributed by atoms with Crippen molar-refractivity contribution in [1.29, 1.82) is 0 Å². The lowest BCUT2D eigenvalue weighted by Crippen LogP contribution is -2.43. The number of hydrogen-bond donors (Lipinski definition) is 3. The summed E-state index contributed by atoms with van der Waals surface area (Å²) in [5.41, 5.74) is 2.16. The molecule has 154 valence electrons. The quantitative estimate of drug-likeness (QED) is 0.444. The van der Waals surface area contributed by atoms with Crippen molar-refractivity contribution in [2.45, 2.75) is 31.8 Å². The van der Waals surface area contributed by atoms with Gasteiger partial charge in [-0.1, -0.05) is 12.1 Å². The van der Waals surface area contributed by atoms with Crippen molar-refractivity contribution in [3.8, 4) is 5.75 Å². The van der Waals surface area contributed by atoms with Gasteiger partial charge in [0.05, 0.1) is 0 Å². The van der Waals surface area contributed by atoms with Crippen LogP contribution in [0.1, 0.15) is 18.1 Å². The first-order valence-corrected chi connectivity index (χ1v) is 10.6. The fourth-order valence-corrected chi connectivity index (χ4v) is 4.00. The maximum Gasteiger partial charge on any atom is 0.253 e. The van der Waals surface area contributed by atoms with Crippen LogP contribution in [0, 0.1) is 0 Å². The highest BCUT2D eigenvalue weighted by Crippen LogP contribution is 2.19. The number of aromatic hydroxyl groups is 1. The summed E-state index contributed by atoms with van der Waals surface area (Å²) in [5.74, 6) is 0.240. The molecule has 3 rings (SSSR count). The number of rotatable bonds is 10. The van der Waals surface area contributed by atoms with Gasteiger partial charge in [-0.15, -0.1) is 0 Å². The largest absolute Gasteiger partial charge is 0.508 e. The van der Waals surface area contributed by atoms with E-state index in [1.165, 1.54) is 5.56 Å². The molecule has 1 heterocycles. The third-order valence-electron chi connectivity index (χ3n) is 5.08. The highest BCUT2D eigenvalue weighted by molar-refractivity contribution is 7.07. The van der Waals surface area contributed by atoms with Crippen LogP contribution in [0.5, 0.6) is 5.75 Å². The second-order valence-electron chi connectivity index (χ2n) is 7.66. The van der Waals surface area contributed by atoms with E-state index in [-0.39, 0.29) is 17.8 Å². The number of phenolic OH excluding ortho intramolecular Hbond substituents is 1. The van der Waals surface area contributed by atoms with Crippen molar-refractivity contribution in [3.63, 3.8) is 0 Å². The predicted octanol–water partition coefficient (Wildman–Crippen LogP) is 2.68. The van der Waals surface area contributed by atoms with Gasteiger partial charge in [-0.05, 0) is 73.9 Å². The van der Waals surface area contributed by atoms with Gasteiger partial charge in [0.25, 0.3) is 10.9 Å². The maximum absolute atomic E-state index is 12.1. The number of anilines is 2. The topological polar surface area (TPSA) is 81.7 Å². The van der Waals surface area contributed by atoms with Gasteiger partial charge in [-0.2, -0.15) is 11.3 Å². The van der Waals surface area contributed by atoms with E-state index in [0.717, 1.165) is 18.4 Å². The lowest BCUT2D eigenvalue weighted by atomic mass is 10.0. The molecule has 0 amide bonds. The minimum atomic E-state index is -0.461. The van der Waals surface area contributed by atoms with E-state index in [0.29, 0.717) is 17.9 Å². The summed E-state index contributed by atoms with van der Waals surface area (Å²) >= 11 is 1.65. The zero-order valence-corrected chi connectivity index (χ0v) is 17.8. The van der Waals surface area contributed by atoms with Crippen LogP contribution < -0.4 is 21.5 Å². The highest BCUT2D eigenvalue weighted by Gasteiger charge is 2.23. The molecule has 0 fully saturated rings. The van der Waals surface area contributed by atoms with Crippen LogP contribution in [0.25, 0.3) is 0 Å². The molecule has 0 bridgehead atoms. The molecule has 0 aliphatic rings. The van der Waals surface area contributed by atoms with Crippen molar-refractivity contribution >= 4 is 22.7 Å². The molecule has 2 aromatic carbocycles. The van der Waals surface area contributed by atoms with Gasteiger partial charge >= 0.3 is 0 Å². The molecule has 0 saturated heterocycles. The van der Waals surface area contributed by atoms with Crippen molar-refractivity contribution in [1.82, 2.24) is 4.90 Å². The third-order valence-corrected chi connectivity index (χ3v) is 5.81. The third kappa shape index (κ3) is 5.25. The Morgan fingerprint density at radius 2 is 1.69 bits per heavy atom. The van der Waals surface area contributed by atoms with Crippen LogP contribution in [0.2, 0.25) is 0 Å². The molecule has 0 aliphatic heterocycles. The molecule has 0 radical (unpaired) electrons. The number of benzene rings is 1. The average Bonchev–Trinajstić information content (AvgIpc) is 3.20. The highest BCUT2D eigenvalue weighted by atomic mass is 32.1. The Balaban J connectivity index is 1.63. The van der Waals surface area contributed by atoms with Crippen molar-refractivity contribution in [2.24, 2.45) is 0 Å². The summed E-state index contributed by atoms with van der Waals surface area (Å²) in [6.45, 7) is 2.54. The summed E-state index contributed by atoms with van der Waals surface area (Å²) in [4.78, 5) is 26.2. The molecule has 6 nitrogen and oxygen atoms in total. The Bertz CT molecular complexity index is 990. The summed E-state index contributed by atoms with van der Waals surface area (Å²) in [6.07, 6.45) is 1.55. The number of hydrogen-bond acceptors (Lipinski definition) is 7. The minimum absolute atomic E-state index is 0.0510. The molecular weight excluding hydrogens is 386 g/mol. The summed E-state index contributed by atoms with van der Waals surface area (Å²) in [5, 5.41) is 20.0. The van der Waals surface area contributed by atoms with Crippen LogP contribution in [0.3, 0.4) is 0 Å². The first-order chi connectivity index (χ1) is 13.8. The minimum Gasteiger partial charge on any atom is -0.508 e. The van der Waals surface area contributed by atoms with E-state index >= 15 is 0 Å². The molecule has 1 aromatic heterocycles. The zero-order chi connectivity index (χ0) is 21.0. The van der Waals surface area contributed by atoms with E-state index in [2.05, 4.69) is 27.0 Å². The normalized spacial score (nSPS) is 13.5. The van der Waals surface area contributed by atoms with Gasteiger partial charge in [0.1, 0.15) is 17.1 Å². The number of nitrogens with one attached hydrogen (secondary N) is 2. The number of phenols is 1. The molecule has 7 heteroatoms. The Kier molecular flexibility index (Phi) is 6.71. The van der Waals surface area contributed by atoms with Gasteiger partial charge in [0.15, 0.2) is 0 Å². The number of nitrogens with zero attached hydrogens (tertiary/aromatic N) is 1. The predicted molar refractivity (Wildman–Crippen MR) is 120 cm³/mol. The zero-order valence-electron chi connectivity index (χ0n) is 16.9. The standard InChI is InChI=1S/C22H27N3O3S/c1-14(10-16-8-9-29-13-16)24-20-19(21(27)22(20)28)23-12-17(25(2)3)11-15-4-6-18(26)7-5-15/h4-9,13-14,17,23-24,26H,10-12H2,1-3H3/t14-,17+/m1/s1. The van der Waals surface area contributed by atoms with Crippen LogP contribution in [-0.4, -0.2) is 42.7 Å². The fraction of sp³-hybridized carbons (Fsp3) is 0.364. The summed E-state index contributed by atoms with van der Waals surface area (Å²) < 4.78 is 0. The van der Waals surface area contributed by atoms with Crippen molar-refractivity contribution in [2.75, 3.05) is 31.3 Å². The SMILES string of the molecule is C[C@H](Cc1ccsc1)Nc1c(NC[C@H](Cc2ccc(O)cc2)N(C)C)c(=O)c1=O. The average molecular weight is 414 g/mol. The van der Waals surface area contributed by atoms with E-state index in [4.69, 9.17) is 0 Å². The first-order valence-electron chi connectivity index (χ1n) is 9.64. The van der Waals surface area contributed by atoms with Crippen LogP contribution in [0.4, 0.5) is 11.4 Å². The molecule has 3 aromatic rings. The second-order valence-corrected chi connectivity index (χ2v) is 8.44. The molecular formula is C22H27N3O3S. The Labute approximate surface area is 174 Å². The second kappa shape index (κ2) is 9.24. The van der Waals surface area contributed by atoms with Gasteiger partial charge < -0.3 is 20.6 Å². The van der Waals surface area contributed by atoms with Gasteiger partial charge in [-0.25, -0.2) is 0 Å². The van der Waals surface area contributed by atoms with E-state index in [9.17, 15) is 14.7 Å². The van der Waals surface area contributed by atoms with E-state index in [1.54, 1.807) is 23.5 Å². The molecule has 29 heavy (non-hydrogen) atoms. The van der Waals surface area contributed by atoms with Gasteiger partial charge in [0.2, 0.25) is 0 Å². The van der Waals surface area contributed by atoms with E-state index in [1.807, 2.05) is 38.5 Å². The lowest BCUT2D eigenvalue weighted by molar-refractivity contribution is 0.303. The van der Waals surface area contributed by atoms with Crippen LogP contribution in [0.15, 0.2) is 50.7 Å². The maximum atomic E-state index is 12.1. The molecule has 0 aliphatic carbocycles. The van der Waals surface area contributed by atoms with Gasteiger partial charge in [-0.3, -0.25) is 9.59 Å². The molecule has 0 spiro atoms. The Morgan fingerprint density at radius 1 is 1.00 bits per heavy atom. The van der Waals surface area contributed by atoms with Crippen molar-refractivity contribution < 1.29 is 5.11 Å². The molecule has 3 N–H and O–H groups in total. The molecule has 2 atom stereocenters. The van der Waals surface area contributed by atoms with Crippen LogP contribution >= 0.6 is 11.3 Å². The number of thiophene rings is 1. The summed E-state index contributed by atoms with van der Waals surface area (Å²) in [7, 11) is 3.97. The van der Waals surface area contributed by atoms with Crippen molar-refractivity contribution in [3.05, 3.63) is 72.7 Å². The number of likely N-dealkylation sites (N-methyl/N-ethyl adjacent to an activating group) is 1. The van der Waals surface area contributed by atoms with Crippen LogP contribution in [-0.2, 0) is 12.8 Å². The monoisotopic (exact) mass is 413 g/mol. The molecule has 0 unspecified atom stereocenters. The Morgan fingerprint density at radius 3 is 2.31 bits per heavy atom. The lowest BCUT2D eigenvalue weighted by Gasteiger charge is -2.26. The molecule has 0 saturated carbocycles. The first kappa shape index (κ1) is 21.1. The Hall–Kier alpha value is -2.64. The summed E-state index contributed by atoms with van der Waals surface area (Å²) in [6, 6.07) is 9.36. The van der Waals surface area contributed by atoms with Gasteiger partial charge in [0, 0.05) is 18.6 Å². The van der Waals surface area contributed by atoms with E-state index < -0.39 is 10.9 Å². The fourth-order valence-electron chi connectivity index (χ4n) is 3.32.